The molecule has 0 radical (unpaired) electrons. The molecular weight excluding hydrogens is 354 g/mol. The fourth-order valence-electron chi connectivity index (χ4n) is 4.31. The van der Waals surface area contributed by atoms with Crippen molar-refractivity contribution in [1.29, 1.82) is 0 Å². The molecule has 6 nitrogen and oxygen atoms in total. The predicted octanol–water partition coefficient (Wildman–Crippen LogP) is 3.23. The highest BCUT2D eigenvalue weighted by Crippen LogP contribution is 2.31. The fraction of sp³-hybridized carbons (Fsp3) is 0.773. The van der Waals surface area contributed by atoms with E-state index in [2.05, 4.69) is 12.2 Å². The smallest absolute Gasteiger partial charge is 0.251 e. The van der Waals surface area contributed by atoms with Gasteiger partial charge in [0.05, 0.1) is 5.92 Å². The number of hydrogen-bond acceptors (Lipinski definition) is 3. The standard InChI is InChI=1S/C22H37N3O3/c1-5-8-13-25-16(4)19(22(28)24(6-2)7-3)14-17(21(25)27)15-20(26)23-18-11-9-10-12-18/h17-18H,5-15H2,1-4H3,(H,23,26). The van der Waals surface area contributed by atoms with E-state index in [-0.39, 0.29) is 30.2 Å². The van der Waals surface area contributed by atoms with Crippen LogP contribution in [0.3, 0.4) is 0 Å². The molecule has 1 fully saturated rings. The Morgan fingerprint density at radius 1 is 1.14 bits per heavy atom. The van der Waals surface area contributed by atoms with Crippen LogP contribution in [0.1, 0.15) is 79.1 Å². The summed E-state index contributed by atoms with van der Waals surface area (Å²) in [6.07, 6.45) is 6.75. The summed E-state index contributed by atoms with van der Waals surface area (Å²) in [4.78, 5) is 42.2. The van der Waals surface area contributed by atoms with Gasteiger partial charge in [-0.05, 0) is 46.5 Å². The molecule has 2 aliphatic rings. The van der Waals surface area contributed by atoms with Gasteiger partial charge in [-0.1, -0.05) is 26.2 Å². The molecule has 1 heterocycles. The van der Waals surface area contributed by atoms with Crippen LogP contribution in [0.25, 0.3) is 0 Å². The quantitative estimate of drug-likeness (QED) is 0.656. The first-order chi connectivity index (χ1) is 13.4. The van der Waals surface area contributed by atoms with Crippen molar-refractivity contribution >= 4 is 17.7 Å². The van der Waals surface area contributed by atoms with Gasteiger partial charge in [-0.2, -0.15) is 0 Å². The third-order valence-corrected chi connectivity index (χ3v) is 6.10. The Bertz CT molecular complexity index is 604. The normalized spacial score (nSPS) is 20.6. The van der Waals surface area contributed by atoms with Gasteiger partial charge in [-0.15, -0.1) is 0 Å². The lowest BCUT2D eigenvalue weighted by Crippen LogP contribution is -2.45. The minimum Gasteiger partial charge on any atom is -0.353 e. The number of carbonyl (C=O) groups excluding carboxylic acids is 3. The largest absolute Gasteiger partial charge is 0.353 e. The van der Waals surface area contributed by atoms with Crippen LogP contribution in [0.5, 0.6) is 0 Å². The molecule has 1 unspecified atom stereocenters. The number of nitrogens with one attached hydrogen (secondary N) is 1. The Labute approximate surface area is 169 Å². The first-order valence-electron chi connectivity index (χ1n) is 11.0. The summed E-state index contributed by atoms with van der Waals surface area (Å²) in [6, 6.07) is 0.247. The van der Waals surface area contributed by atoms with Crippen LogP contribution in [0.15, 0.2) is 11.3 Å². The second-order valence-electron chi connectivity index (χ2n) is 8.04. The number of allylic oxidation sites excluding steroid dienone is 1. The second kappa shape index (κ2) is 10.6. The summed E-state index contributed by atoms with van der Waals surface area (Å²) >= 11 is 0. The highest BCUT2D eigenvalue weighted by Gasteiger charge is 2.37. The maximum atomic E-state index is 13.1. The average Bonchev–Trinajstić information content (AvgIpc) is 3.17. The first kappa shape index (κ1) is 22.4. The topological polar surface area (TPSA) is 69.7 Å². The van der Waals surface area contributed by atoms with Crippen molar-refractivity contribution < 1.29 is 14.4 Å². The van der Waals surface area contributed by atoms with Gasteiger partial charge in [0.1, 0.15) is 0 Å². The maximum absolute atomic E-state index is 13.1. The van der Waals surface area contributed by atoms with E-state index in [1.165, 1.54) is 0 Å². The van der Waals surface area contributed by atoms with Crippen LogP contribution in [-0.2, 0) is 14.4 Å². The number of hydrogen-bond donors (Lipinski definition) is 1. The zero-order valence-corrected chi connectivity index (χ0v) is 18.1. The molecule has 0 aromatic rings. The van der Waals surface area contributed by atoms with Gasteiger partial charge in [-0.3, -0.25) is 14.4 Å². The fourth-order valence-corrected chi connectivity index (χ4v) is 4.31. The van der Waals surface area contributed by atoms with Gasteiger partial charge in [0.25, 0.3) is 5.91 Å². The van der Waals surface area contributed by atoms with Gasteiger partial charge in [-0.25, -0.2) is 0 Å². The molecule has 1 N–H and O–H groups in total. The van der Waals surface area contributed by atoms with Crippen LogP contribution in [-0.4, -0.2) is 53.2 Å². The van der Waals surface area contributed by atoms with Gasteiger partial charge in [0.15, 0.2) is 0 Å². The summed E-state index contributed by atoms with van der Waals surface area (Å²) in [5.41, 5.74) is 1.46. The SMILES string of the molecule is CCCCN1C(=O)C(CC(=O)NC2CCCC2)CC(C(=O)N(CC)CC)=C1C. The van der Waals surface area contributed by atoms with E-state index in [1.807, 2.05) is 20.8 Å². The molecule has 0 aromatic heterocycles. The third-order valence-electron chi connectivity index (χ3n) is 6.10. The highest BCUT2D eigenvalue weighted by molar-refractivity contribution is 5.98. The van der Waals surface area contributed by atoms with Gasteiger partial charge >= 0.3 is 0 Å². The maximum Gasteiger partial charge on any atom is 0.251 e. The predicted molar refractivity (Wildman–Crippen MR) is 110 cm³/mol. The van der Waals surface area contributed by atoms with Crippen LogP contribution in [0.4, 0.5) is 0 Å². The molecule has 158 valence electrons. The molecule has 0 aromatic carbocycles. The highest BCUT2D eigenvalue weighted by atomic mass is 16.2. The van der Waals surface area contributed by atoms with E-state index in [4.69, 9.17) is 0 Å². The summed E-state index contributed by atoms with van der Waals surface area (Å²) < 4.78 is 0. The molecule has 3 amide bonds. The number of nitrogens with zero attached hydrogens (tertiary/aromatic N) is 2. The summed E-state index contributed by atoms with van der Waals surface area (Å²) in [5.74, 6) is -0.521. The Morgan fingerprint density at radius 2 is 1.79 bits per heavy atom. The van der Waals surface area contributed by atoms with E-state index in [0.717, 1.165) is 44.2 Å². The number of carbonyl (C=O) groups is 3. The van der Waals surface area contributed by atoms with Crippen molar-refractivity contribution in [2.75, 3.05) is 19.6 Å². The van der Waals surface area contributed by atoms with Crippen molar-refractivity contribution in [3.63, 3.8) is 0 Å². The second-order valence-corrected chi connectivity index (χ2v) is 8.04. The minimum atomic E-state index is -0.448. The van der Waals surface area contributed by atoms with Crippen molar-refractivity contribution in [1.82, 2.24) is 15.1 Å². The summed E-state index contributed by atoms with van der Waals surface area (Å²) in [5, 5.41) is 3.08. The van der Waals surface area contributed by atoms with Gasteiger partial charge < -0.3 is 15.1 Å². The van der Waals surface area contributed by atoms with Crippen molar-refractivity contribution in [2.24, 2.45) is 5.92 Å². The Kier molecular flexibility index (Phi) is 8.52. The van der Waals surface area contributed by atoms with Crippen LogP contribution < -0.4 is 5.32 Å². The lowest BCUT2D eigenvalue weighted by molar-refractivity contribution is -0.139. The molecule has 0 spiro atoms. The molecule has 1 aliphatic carbocycles. The lowest BCUT2D eigenvalue weighted by atomic mass is 9.88. The molecule has 1 saturated carbocycles. The molecule has 0 bridgehead atoms. The van der Waals surface area contributed by atoms with E-state index in [1.54, 1.807) is 9.80 Å². The van der Waals surface area contributed by atoms with E-state index in [9.17, 15) is 14.4 Å². The Morgan fingerprint density at radius 3 is 2.36 bits per heavy atom. The number of likely N-dealkylation sites (N-methyl/N-ethyl adjacent to an activating group) is 1. The monoisotopic (exact) mass is 391 g/mol. The summed E-state index contributed by atoms with van der Waals surface area (Å²) in [6.45, 7) is 9.78. The lowest BCUT2D eigenvalue weighted by Gasteiger charge is -2.36. The number of unbranched alkanes of at least 4 members (excludes halogenated alkanes) is 1. The zero-order chi connectivity index (χ0) is 20.7. The Hall–Kier alpha value is -1.85. The molecule has 1 aliphatic heterocycles. The van der Waals surface area contributed by atoms with Crippen molar-refractivity contribution in [3.05, 3.63) is 11.3 Å². The van der Waals surface area contributed by atoms with Gasteiger partial charge in [0, 0.05) is 43.4 Å². The molecule has 28 heavy (non-hydrogen) atoms. The first-order valence-corrected chi connectivity index (χ1v) is 11.0. The van der Waals surface area contributed by atoms with Crippen molar-refractivity contribution in [3.8, 4) is 0 Å². The van der Waals surface area contributed by atoms with Crippen LogP contribution in [0, 0.1) is 5.92 Å². The van der Waals surface area contributed by atoms with Crippen LogP contribution >= 0.6 is 0 Å². The third kappa shape index (κ3) is 5.36. The van der Waals surface area contributed by atoms with Gasteiger partial charge in [0.2, 0.25) is 11.8 Å². The van der Waals surface area contributed by atoms with E-state index < -0.39 is 5.92 Å². The molecule has 2 rings (SSSR count). The molecule has 0 saturated heterocycles. The summed E-state index contributed by atoms with van der Waals surface area (Å²) in [7, 11) is 0. The molecular formula is C22H37N3O3. The van der Waals surface area contributed by atoms with Crippen molar-refractivity contribution in [2.45, 2.75) is 85.1 Å². The number of rotatable bonds is 9. The van der Waals surface area contributed by atoms with Crippen LogP contribution in [0.2, 0.25) is 0 Å². The Balaban J connectivity index is 2.18. The number of amides is 3. The molecule has 1 atom stereocenters. The zero-order valence-electron chi connectivity index (χ0n) is 18.1. The van der Waals surface area contributed by atoms with E-state index >= 15 is 0 Å². The minimum absolute atomic E-state index is 0.00213. The van der Waals surface area contributed by atoms with E-state index in [0.29, 0.717) is 31.6 Å². The molecule has 6 heteroatoms. The average molecular weight is 392 g/mol.